The molecule has 0 aliphatic carbocycles. The van der Waals surface area contributed by atoms with E-state index in [1.54, 1.807) is 31.4 Å². The number of hydrogen-bond acceptors (Lipinski definition) is 6. The normalized spacial score (nSPS) is 14.9. The van der Waals surface area contributed by atoms with Crippen molar-refractivity contribution < 1.29 is 23.7 Å². The summed E-state index contributed by atoms with van der Waals surface area (Å²) in [5.74, 6) is 1.28. The summed E-state index contributed by atoms with van der Waals surface area (Å²) < 4.78 is 21.2. The van der Waals surface area contributed by atoms with E-state index in [0.29, 0.717) is 22.8 Å². The van der Waals surface area contributed by atoms with Crippen LogP contribution in [0.3, 0.4) is 0 Å². The van der Waals surface area contributed by atoms with Gasteiger partial charge in [-0.25, -0.2) is 9.79 Å². The van der Waals surface area contributed by atoms with E-state index >= 15 is 0 Å². The van der Waals surface area contributed by atoms with E-state index in [-0.39, 0.29) is 11.6 Å². The summed E-state index contributed by atoms with van der Waals surface area (Å²) >= 11 is 0. The molecule has 2 aromatic carbocycles. The average Bonchev–Trinajstić information content (AvgIpc) is 3.06. The maximum absolute atomic E-state index is 12.2. The molecule has 0 N–H and O–H groups in total. The molecule has 1 heterocycles. The molecule has 144 valence electrons. The highest BCUT2D eigenvalue weighted by molar-refractivity contribution is 6.11. The summed E-state index contributed by atoms with van der Waals surface area (Å²) in [6.07, 6.45) is 5.09. The number of carbonyl (C=O) groups is 1. The van der Waals surface area contributed by atoms with Crippen LogP contribution in [0.1, 0.15) is 16.7 Å². The molecule has 28 heavy (non-hydrogen) atoms. The van der Waals surface area contributed by atoms with E-state index in [1.807, 2.05) is 37.3 Å². The number of cyclic esters (lactones) is 1. The Balaban J connectivity index is 1.89. The third-order valence-electron chi connectivity index (χ3n) is 4.16. The Bertz CT molecular complexity index is 971. The molecule has 0 fully saturated rings. The van der Waals surface area contributed by atoms with Crippen LogP contribution in [0.5, 0.6) is 17.2 Å². The monoisotopic (exact) mass is 379 g/mol. The fourth-order valence-corrected chi connectivity index (χ4v) is 2.65. The van der Waals surface area contributed by atoms with Crippen molar-refractivity contribution in [2.45, 2.75) is 6.92 Å². The molecule has 0 saturated heterocycles. The van der Waals surface area contributed by atoms with E-state index in [0.717, 1.165) is 5.56 Å². The number of aliphatic imine (C=N–C) groups is 1. The van der Waals surface area contributed by atoms with Crippen LogP contribution >= 0.6 is 0 Å². The number of carbonyl (C=O) groups excluding carboxylic acids is 1. The Morgan fingerprint density at radius 1 is 0.893 bits per heavy atom. The molecule has 0 unspecified atom stereocenters. The molecule has 6 heteroatoms. The molecule has 0 spiro atoms. The zero-order chi connectivity index (χ0) is 20.1. The topological polar surface area (TPSA) is 66.3 Å². The van der Waals surface area contributed by atoms with Crippen LogP contribution in [-0.4, -0.2) is 33.2 Å². The first-order valence-electron chi connectivity index (χ1n) is 8.61. The second-order valence-corrected chi connectivity index (χ2v) is 6.06. The summed E-state index contributed by atoms with van der Waals surface area (Å²) in [6, 6.07) is 11.4. The van der Waals surface area contributed by atoms with Gasteiger partial charge in [-0.3, -0.25) is 0 Å². The van der Waals surface area contributed by atoms with Crippen molar-refractivity contribution in [3.05, 3.63) is 64.9 Å². The summed E-state index contributed by atoms with van der Waals surface area (Å²) in [5.41, 5.74) is 2.97. The number of methoxy groups -OCH3 is 3. The van der Waals surface area contributed by atoms with E-state index in [4.69, 9.17) is 18.9 Å². The van der Waals surface area contributed by atoms with Crippen molar-refractivity contribution in [3.8, 4) is 17.2 Å². The van der Waals surface area contributed by atoms with Crippen molar-refractivity contribution in [1.29, 1.82) is 0 Å². The fraction of sp³-hybridized carbons (Fsp3) is 0.182. The lowest BCUT2D eigenvalue weighted by molar-refractivity contribution is -0.129. The third kappa shape index (κ3) is 4.23. The number of ether oxygens (including phenoxy) is 4. The lowest BCUT2D eigenvalue weighted by atomic mass is 10.1. The van der Waals surface area contributed by atoms with Gasteiger partial charge in [0.2, 0.25) is 5.90 Å². The van der Waals surface area contributed by atoms with Gasteiger partial charge in [-0.1, -0.05) is 29.8 Å². The highest BCUT2D eigenvalue weighted by Crippen LogP contribution is 2.36. The Morgan fingerprint density at radius 2 is 1.54 bits per heavy atom. The minimum absolute atomic E-state index is 0.175. The van der Waals surface area contributed by atoms with Gasteiger partial charge in [-0.15, -0.1) is 0 Å². The van der Waals surface area contributed by atoms with Gasteiger partial charge in [-0.2, -0.15) is 0 Å². The van der Waals surface area contributed by atoms with E-state index in [9.17, 15) is 4.79 Å². The predicted octanol–water partition coefficient (Wildman–Crippen LogP) is 4.03. The summed E-state index contributed by atoms with van der Waals surface area (Å²) in [4.78, 5) is 16.4. The maximum Gasteiger partial charge on any atom is 0.363 e. The molecule has 0 saturated carbocycles. The van der Waals surface area contributed by atoms with Gasteiger partial charge in [0.05, 0.1) is 21.3 Å². The first-order valence-corrected chi connectivity index (χ1v) is 8.61. The molecule has 0 aromatic heterocycles. The van der Waals surface area contributed by atoms with Gasteiger partial charge in [0.1, 0.15) is 5.75 Å². The van der Waals surface area contributed by atoms with Gasteiger partial charge in [0, 0.05) is 17.7 Å². The molecule has 1 aliphatic rings. The Labute approximate surface area is 163 Å². The van der Waals surface area contributed by atoms with Gasteiger partial charge >= 0.3 is 5.97 Å². The molecule has 1 aliphatic heterocycles. The molecule has 0 amide bonds. The van der Waals surface area contributed by atoms with Crippen molar-refractivity contribution >= 4 is 24.0 Å². The SMILES string of the molecule is COc1cc(OC)c(OC)cc1C=C1N=C(C=Cc2ccc(C)cc2)OC1=O. The van der Waals surface area contributed by atoms with Gasteiger partial charge in [0.25, 0.3) is 0 Å². The van der Waals surface area contributed by atoms with Crippen LogP contribution < -0.4 is 14.2 Å². The molecule has 0 radical (unpaired) electrons. The smallest absolute Gasteiger partial charge is 0.363 e. The zero-order valence-electron chi connectivity index (χ0n) is 16.2. The van der Waals surface area contributed by atoms with Crippen LogP contribution in [0.15, 0.2) is 53.2 Å². The second kappa shape index (κ2) is 8.43. The molecule has 2 aromatic rings. The quantitative estimate of drug-likeness (QED) is 0.560. The fourth-order valence-electron chi connectivity index (χ4n) is 2.65. The lowest BCUT2D eigenvalue weighted by Crippen LogP contribution is -2.01. The van der Waals surface area contributed by atoms with Crippen LogP contribution in [0.2, 0.25) is 0 Å². The van der Waals surface area contributed by atoms with Gasteiger partial charge < -0.3 is 18.9 Å². The zero-order valence-corrected chi connectivity index (χ0v) is 16.2. The molecule has 0 atom stereocenters. The highest BCUT2D eigenvalue weighted by atomic mass is 16.6. The Morgan fingerprint density at radius 3 is 2.18 bits per heavy atom. The minimum Gasteiger partial charge on any atom is -0.496 e. The van der Waals surface area contributed by atoms with Crippen LogP contribution in [0, 0.1) is 6.92 Å². The number of hydrogen-bond donors (Lipinski definition) is 0. The van der Waals surface area contributed by atoms with Crippen molar-refractivity contribution in [3.63, 3.8) is 0 Å². The number of nitrogens with zero attached hydrogens (tertiary/aromatic N) is 1. The van der Waals surface area contributed by atoms with Crippen LogP contribution in [-0.2, 0) is 9.53 Å². The number of esters is 1. The van der Waals surface area contributed by atoms with Crippen molar-refractivity contribution in [1.82, 2.24) is 0 Å². The Kier molecular flexibility index (Phi) is 5.79. The molecular weight excluding hydrogens is 358 g/mol. The second-order valence-electron chi connectivity index (χ2n) is 6.06. The first-order chi connectivity index (χ1) is 13.5. The highest BCUT2D eigenvalue weighted by Gasteiger charge is 2.22. The standard InChI is InChI=1S/C22H21NO5/c1-14-5-7-15(8-6-14)9-10-21-23-17(22(24)28-21)11-16-12-19(26-3)20(27-4)13-18(16)25-2/h5-13H,1-4H3. The molecule has 0 bridgehead atoms. The lowest BCUT2D eigenvalue weighted by Gasteiger charge is -2.12. The number of benzene rings is 2. The number of aryl methyl sites for hydroxylation is 1. The molecular formula is C22H21NO5. The van der Waals surface area contributed by atoms with Crippen LogP contribution in [0.4, 0.5) is 0 Å². The minimum atomic E-state index is -0.527. The summed E-state index contributed by atoms with van der Waals surface area (Å²) in [5, 5.41) is 0. The summed E-state index contributed by atoms with van der Waals surface area (Å²) in [6.45, 7) is 2.02. The molecule has 6 nitrogen and oxygen atoms in total. The van der Waals surface area contributed by atoms with Crippen LogP contribution in [0.25, 0.3) is 12.2 Å². The third-order valence-corrected chi connectivity index (χ3v) is 4.16. The maximum atomic E-state index is 12.2. The Hall–Kier alpha value is -3.54. The van der Waals surface area contributed by atoms with E-state index < -0.39 is 5.97 Å². The first kappa shape index (κ1) is 19.2. The summed E-state index contributed by atoms with van der Waals surface area (Å²) in [7, 11) is 4.62. The van der Waals surface area contributed by atoms with Gasteiger partial charge in [0.15, 0.2) is 17.2 Å². The van der Waals surface area contributed by atoms with E-state index in [2.05, 4.69) is 4.99 Å². The molecule has 3 rings (SSSR count). The largest absolute Gasteiger partial charge is 0.496 e. The average molecular weight is 379 g/mol. The number of rotatable bonds is 6. The van der Waals surface area contributed by atoms with E-state index in [1.165, 1.54) is 19.8 Å². The van der Waals surface area contributed by atoms with Crippen molar-refractivity contribution in [2.75, 3.05) is 21.3 Å². The van der Waals surface area contributed by atoms with Crippen molar-refractivity contribution in [2.24, 2.45) is 4.99 Å². The van der Waals surface area contributed by atoms with Gasteiger partial charge in [-0.05, 0) is 30.7 Å². The predicted molar refractivity (Wildman–Crippen MR) is 108 cm³/mol.